The van der Waals surface area contributed by atoms with Gasteiger partial charge in [0.1, 0.15) is 35.0 Å². The summed E-state index contributed by atoms with van der Waals surface area (Å²) in [6.45, 7) is 14.1. The molecule has 3 heterocycles. The number of esters is 1. The Morgan fingerprint density at radius 1 is 0.963 bits per heavy atom. The molecule has 0 aliphatic heterocycles. The summed E-state index contributed by atoms with van der Waals surface area (Å²) in [5, 5.41) is 5.46. The number of hydrogen-bond donors (Lipinski definition) is 1. The number of fused-ring (bicyclic) bond motifs is 1. The summed E-state index contributed by atoms with van der Waals surface area (Å²) in [7, 11) is -1.85. The van der Waals surface area contributed by atoms with E-state index < -0.39 is 40.7 Å². The first kappa shape index (κ1) is 38.5. The fourth-order valence-electron chi connectivity index (χ4n) is 6.54. The summed E-state index contributed by atoms with van der Waals surface area (Å²) in [6, 6.07) is 13.5. The molecule has 1 aliphatic rings. The predicted octanol–water partition coefficient (Wildman–Crippen LogP) is 7.71. The van der Waals surface area contributed by atoms with Gasteiger partial charge in [-0.25, -0.2) is 27.2 Å². The molecule has 12 nitrogen and oxygen atoms in total. The molecule has 2 aromatic carbocycles. The Labute approximate surface area is 315 Å². The molecule has 0 unspecified atom stereocenters. The number of pyridine rings is 1. The molecule has 1 saturated carbocycles. The van der Waals surface area contributed by atoms with Crippen molar-refractivity contribution < 1.29 is 36.6 Å². The number of hydrogen-bond acceptors (Lipinski definition) is 9. The highest BCUT2D eigenvalue weighted by Crippen LogP contribution is 2.47. The fraction of sp³-hybridized carbons (Fsp3) is 0.400. The van der Waals surface area contributed by atoms with Crippen LogP contribution in [0, 0.1) is 19.7 Å². The maximum Gasteiger partial charge on any atom is 0.420 e. The molecular weight excluding hydrogens is 714 g/mol. The molecule has 6 rings (SSSR count). The highest BCUT2D eigenvalue weighted by atomic mass is 32.2. The number of benzene rings is 2. The molecule has 0 N–H and O–H groups in total. The average molecular weight is 760 g/mol. The zero-order valence-electron chi connectivity index (χ0n) is 32.0. The molecule has 54 heavy (non-hydrogen) atoms. The number of methoxy groups -OCH3 is 1. The first-order valence-corrected chi connectivity index (χ1v) is 18.9. The Hall–Kier alpha value is -5.24. The first-order chi connectivity index (χ1) is 25.3. The Morgan fingerprint density at radius 2 is 1.67 bits per heavy atom. The van der Waals surface area contributed by atoms with Gasteiger partial charge in [-0.05, 0) is 110 Å². The van der Waals surface area contributed by atoms with Crippen LogP contribution >= 0.6 is 0 Å². The SMILES string of the molecule is COc1ccc(-c2cc3c(-c4c(C)nn(Cc5cccc(F)c5)c4C)cn(C(=O)OC(C)(C)C)c3nc2C2CC2)cc1N(CC(=O)OC(C)(C)C)[SH](=O)=O. The van der Waals surface area contributed by atoms with E-state index in [2.05, 4.69) is 0 Å². The van der Waals surface area contributed by atoms with Crippen molar-refractivity contribution in [2.75, 3.05) is 18.0 Å². The minimum atomic E-state index is -3.28. The van der Waals surface area contributed by atoms with E-state index in [9.17, 15) is 22.4 Å². The maximum atomic E-state index is 14.1. The lowest BCUT2D eigenvalue weighted by molar-refractivity contribution is -0.152. The van der Waals surface area contributed by atoms with Gasteiger partial charge in [-0.3, -0.25) is 13.8 Å². The summed E-state index contributed by atoms with van der Waals surface area (Å²) in [5.74, 6) is -0.701. The molecule has 1 fully saturated rings. The van der Waals surface area contributed by atoms with Crippen LogP contribution in [0.15, 0.2) is 54.7 Å². The van der Waals surface area contributed by atoms with Crippen LogP contribution in [0.1, 0.15) is 82.9 Å². The molecule has 0 saturated heterocycles. The van der Waals surface area contributed by atoms with E-state index in [1.165, 1.54) is 23.8 Å². The second-order valence-corrected chi connectivity index (χ2v) is 16.5. The van der Waals surface area contributed by atoms with E-state index in [1.54, 1.807) is 65.9 Å². The molecule has 0 bridgehead atoms. The van der Waals surface area contributed by atoms with Crippen LogP contribution in [0.4, 0.5) is 14.9 Å². The van der Waals surface area contributed by atoms with Gasteiger partial charge in [0.15, 0.2) is 0 Å². The smallest absolute Gasteiger partial charge is 0.420 e. The van der Waals surface area contributed by atoms with Gasteiger partial charge in [0.2, 0.25) is 10.9 Å². The van der Waals surface area contributed by atoms with Gasteiger partial charge in [0, 0.05) is 39.9 Å². The van der Waals surface area contributed by atoms with Gasteiger partial charge in [0.05, 0.1) is 30.7 Å². The normalized spacial score (nSPS) is 13.4. The molecule has 0 atom stereocenters. The summed E-state index contributed by atoms with van der Waals surface area (Å²) in [6.07, 6.45) is 2.90. The number of ether oxygens (including phenoxy) is 3. The molecular formula is C40H46FN5O7S. The summed E-state index contributed by atoms with van der Waals surface area (Å²) in [5.41, 5.74) is 4.82. The lowest BCUT2D eigenvalue weighted by Crippen LogP contribution is -2.34. The third kappa shape index (κ3) is 8.28. The minimum Gasteiger partial charge on any atom is -0.495 e. The van der Waals surface area contributed by atoms with E-state index in [4.69, 9.17) is 24.3 Å². The third-order valence-electron chi connectivity index (χ3n) is 8.90. The summed E-state index contributed by atoms with van der Waals surface area (Å²) in [4.78, 5) is 31.8. The average Bonchev–Trinajstić information content (AvgIpc) is 3.80. The van der Waals surface area contributed by atoms with Crippen LogP contribution in [0.25, 0.3) is 33.3 Å². The van der Waals surface area contributed by atoms with Crippen LogP contribution < -0.4 is 9.04 Å². The molecule has 0 radical (unpaired) electrons. The lowest BCUT2D eigenvalue weighted by Gasteiger charge is -2.24. The van der Waals surface area contributed by atoms with E-state index in [0.717, 1.165) is 45.2 Å². The van der Waals surface area contributed by atoms with Gasteiger partial charge in [-0.2, -0.15) is 5.10 Å². The number of anilines is 1. The van der Waals surface area contributed by atoms with Crippen molar-refractivity contribution in [2.45, 2.75) is 91.9 Å². The maximum absolute atomic E-state index is 14.1. The monoisotopic (exact) mass is 759 g/mol. The standard InChI is InChI=1S/C40H46FN5O7S/c1-23-35(24(2)45(43-23)20-25-11-10-12-28(41)17-25)31-21-44(38(48)53-40(6,7)8)37-30(31)19-29(36(42-37)26-13-14-26)27-15-16-33(51-9)32(18-27)46(54(49)50)22-34(47)52-39(3,4)5/h10-12,15-19,21,26,54H,13-14,20,22H2,1-9H3. The number of nitrogens with zero attached hydrogens (tertiary/aromatic N) is 5. The largest absolute Gasteiger partial charge is 0.495 e. The Bertz CT molecular complexity index is 2340. The van der Waals surface area contributed by atoms with Crippen molar-refractivity contribution in [3.05, 3.63) is 83.2 Å². The minimum absolute atomic E-state index is 0.104. The number of carbonyl (C=O) groups is 2. The van der Waals surface area contributed by atoms with Crippen molar-refractivity contribution in [1.29, 1.82) is 0 Å². The molecule has 5 aromatic rings. The topological polar surface area (TPSA) is 135 Å². The number of thiol groups is 1. The van der Waals surface area contributed by atoms with E-state index in [-0.39, 0.29) is 23.2 Å². The molecule has 286 valence electrons. The van der Waals surface area contributed by atoms with Crippen LogP contribution in [0.5, 0.6) is 5.75 Å². The van der Waals surface area contributed by atoms with E-state index in [0.29, 0.717) is 34.4 Å². The van der Waals surface area contributed by atoms with E-state index in [1.807, 2.05) is 36.7 Å². The predicted molar refractivity (Wildman–Crippen MR) is 205 cm³/mol. The van der Waals surface area contributed by atoms with Crippen LogP contribution in [0.2, 0.25) is 0 Å². The lowest BCUT2D eigenvalue weighted by atomic mass is 9.97. The van der Waals surface area contributed by atoms with Crippen LogP contribution in [-0.4, -0.2) is 64.7 Å². The Balaban J connectivity index is 1.55. The third-order valence-corrected chi connectivity index (χ3v) is 9.65. The van der Waals surface area contributed by atoms with Gasteiger partial charge in [-0.15, -0.1) is 0 Å². The number of aromatic nitrogens is 4. The molecule has 3 aromatic heterocycles. The van der Waals surface area contributed by atoms with Crippen molar-refractivity contribution in [1.82, 2.24) is 19.3 Å². The highest BCUT2D eigenvalue weighted by Gasteiger charge is 2.32. The van der Waals surface area contributed by atoms with Crippen molar-refractivity contribution in [3.63, 3.8) is 0 Å². The molecule has 0 spiro atoms. The van der Waals surface area contributed by atoms with Crippen LogP contribution in [0.3, 0.4) is 0 Å². The van der Waals surface area contributed by atoms with Crippen molar-refractivity contribution in [2.24, 2.45) is 0 Å². The van der Waals surface area contributed by atoms with E-state index >= 15 is 0 Å². The van der Waals surface area contributed by atoms with Gasteiger partial charge >= 0.3 is 12.1 Å². The number of carbonyl (C=O) groups excluding carboxylic acids is 2. The van der Waals surface area contributed by atoms with Gasteiger partial charge < -0.3 is 14.2 Å². The molecule has 14 heteroatoms. The van der Waals surface area contributed by atoms with Gasteiger partial charge in [0.25, 0.3) is 0 Å². The number of halogens is 1. The highest BCUT2D eigenvalue weighted by molar-refractivity contribution is 7.74. The van der Waals surface area contributed by atoms with Gasteiger partial charge in [-0.1, -0.05) is 18.2 Å². The zero-order chi connectivity index (χ0) is 39.3. The molecule has 0 amide bonds. The first-order valence-electron chi connectivity index (χ1n) is 17.7. The number of rotatable bonds is 10. The molecule has 1 aliphatic carbocycles. The second-order valence-electron chi connectivity index (χ2n) is 15.6. The summed E-state index contributed by atoms with van der Waals surface area (Å²) < 4.78 is 60.4. The summed E-state index contributed by atoms with van der Waals surface area (Å²) >= 11 is 0. The Morgan fingerprint density at radius 3 is 2.28 bits per heavy atom. The van der Waals surface area contributed by atoms with Crippen molar-refractivity contribution in [3.8, 4) is 28.0 Å². The quantitative estimate of drug-likeness (QED) is 0.112. The Kier molecular flexibility index (Phi) is 10.4. The zero-order valence-corrected chi connectivity index (χ0v) is 32.9. The second kappa shape index (κ2) is 14.5. The fourth-order valence-corrected chi connectivity index (χ4v) is 7.11. The van der Waals surface area contributed by atoms with Crippen molar-refractivity contribution >= 4 is 39.7 Å². The number of aryl methyl sites for hydroxylation is 1. The van der Waals surface area contributed by atoms with Crippen LogP contribution in [-0.2, 0) is 31.7 Å².